The van der Waals surface area contributed by atoms with Gasteiger partial charge in [-0.05, 0) is 19.8 Å². The lowest BCUT2D eigenvalue weighted by atomic mass is 10.2. The van der Waals surface area contributed by atoms with Crippen molar-refractivity contribution in [3.8, 4) is 0 Å². The normalized spacial score (nSPS) is 16.6. The number of rotatable bonds is 5. The van der Waals surface area contributed by atoms with Crippen LogP contribution in [0.25, 0.3) is 11.2 Å². The molecule has 1 saturated heterocycles. The predicted molar refractivity (Wildman–Crippen MR) is 99.6 cm³/mol. The third-order valence-corrected chi connectivity index (χ3v) is 5.03. The standard InChI is InChI=1S/C17H28N6O2/c1-5-9-22-14-13(15(24)20(4)17(22)25)23(12(3)6-2)16(19-14)21-10-7-18-8-11-21/h12,18H,5-11H2,1-4H3. The molecule has 1 atom stereocenters. The molecule has 0 saturated carbocycles. The Hall–Kier alpha value is -2.09. The van der Waals surface area contributed by atoms with Crippen LogP contribution in [0, 0.1) is 0 Å². The van der Waals surface area contributed by atoms with E-state index in [0.29, 0.717) is 17.7 Å². The summed E-state index contributed by atoms with van der Waals surface area (Å²) in [5.74, 6) is 0.804. The Balaban J connectivity index is 2.36. The van der Waals surface area contributed by atoms with E-state index in [1.54, 1.807) is 11.6 Å². The van der Waals surface area contributed by atoms with E-state index in [1.165, 1.54) is 4.57 Å². The molecule has 3 heterocycles. The highest BCUT2D eigenvalue weighted by molar-refractivity contribution is 5.75. The van der Waals surface area contributed by atoms with Crippen molar-refractivity contribution >= 4 is 17.1 Å². The van der Waals surface area contributed by atoms with Crippen molar-refractivity contribution in [1.29, 1.82) is 0 Å². The maximum Gasteiger partial charge on any atom is 0.332 e. The number of piperazine rings is 1. The Morgan fingerprint density at radius 3 is 2.48 bits per heavy atom. The van der Waals surface area contributed by atoms with Gasteiger partial charge in [-0.3, -0.25) is 13.9 Å². The molecule has 8 nitrogen and oxygen atoms in total. The molecule has 1 aliphatic rings. The molecule has 1 unspecified atom stereocenters. The van der Waals surface area contributed by atoms with Gasteiger partial charge >= 0.3 is 5.69 Å². The second-order valence-electron chi connectivity index (χ2n) is 6.75. The number of nitrogens with one attached hydrogen (secondary N) is 1. The molecule has 8 heteroatoms. The first-order valence-corrected chi connectivity index (χ1v) is 9.18. The van der Waals surface area contributed by atoms with Crippen LogP contribution in [0.4, 0.5) is 5.95 Å². The van der Waals surface area contributed by atoms with E-state index in [1.807, 2.05) is 11.5 Å². The van der Waals surface area contributed by atoms with E-state index >= 15 is 0 Å². The molecule has 0 bridgehead atoms. The van der Waals surface area contributed by atoms with Crippen molar-refractivity contribution in [2.45, 2.75) is 46.2 Å². The first-order valence-electron chi connectivity index (χ1n) is 9.18. The average molecular weight is 348 g/mol. The van der Waals surface area contributed by atoms with E-state index < -0.39 is 0 Å². The summed E-state index contributed by atoms with van der Waals surface area (Å²) in [6.45, 7) is 10.3. The zero-order valence-corrected chi connectivity index (χ0v) is 15.6. The monoisotopic (exact) mass is 348 g/mol. The maximum atomic E-state index is 12.9. The smallest absolute Gasteiger partial charge is 0.332 e. The van der Waals surface area contributed by atoms with Crippen LogP contribution in [0.5, 0.6) is 0 Å². The largest absolute Gasteiger partial charge is 0.340 e. The summed E-state index contributed by atoms with van der Waals surface area (Å²) in [6, 6.07) is 0.134. The molecule has 0 radical (unpaired) electrons. The van der Waals surface area contributed by atoms with Crippen molar-refractivity contribution in [3.05, 3.63) is 20.8 Å². The molecule has 0 aromatic carbocycles. The predicted octanol–water partition coefficient (Wildman–Crippen LogP) is 0.687. The summed E-state index contributed by atoms with van der Waals surface area (Å²) < 4.78 is 4.88. The lowest BCUT2D eigenvalue weighted by Crippen LogP contribution is -2.44. The minimum atomic E-state index is -0.292. The van der Waals surface area contributed by atoms with Gasteiger partial charge in [0.15, 0.2) is 11.2 Å². The molecule has 138 valence electrons. The van der Waals surface area contributed by atoms with Crippen LogP contribution in [0.1, 0.15) is 39.7 Å². The van der Waals surface area contributed by atoms with Gasteiger partial charge in [0.2, 0.25) is 5.95 Å². The molecular formula is C17H28N6O2. The lowest BCUT2D eigenvalue weighted by Gasteiger charge is -2.30. The Morgan fingerprint density at radius 1 is 1.20 bits per heavy atom. The van der Waals surface area contributed by atoms with Crippen LogP contribution in [0.2, 0.25) is 0 Å². The Morgan fingerprint density at radius 2 is 1.88 bits per heavy atom. The highest BCUT2D eigenvalue weighted by atomic mass is 16.2. The van der Waals surface area contributed by atoms with E-state index in [9.17, 15) is 9.59 Å². The number of aryl methyl sites for hydroxylation is 1. The van der Waals surface area contributed by atoms with Gasteiger partial charge < -0.3 is 14.8 Å². The molecule has 0 spiro atoms. The molecule has 1 N–H and O–H groups in total. The summed E-state index contributed by atoms with van der Waals surface area (Å²) in [7, 11) is 1.55. The highest BCUT2D eigenvalue weighted by Crippen LogP contribution is 2.26. The van der Waals surface area contributed by atoms with Gasteiger partial charge in [0.25, 0.3) is 5.56 Å². The molecule has 2 aromatic heterocycles. The zero-order chi connectivity index (χ0) is 18.1. The van der Waals surface area contributed by atoms with Crippen LogP contribution >= 0.6 is 0 Å². The average Bonchev–Trinajstić information content (AvgIpc) is 3.04. The number of hydrogen-bond donors (Lipinski definition) is 1. The molecule has 2 aromatic rings. The van der Waals surface area contributed by atoms with Crippen molar-refractivity contribution in [2.24, 2.45) is 7.05 Å². The quantitative estimate of drug-likeness (QED) is 0.860. The molecule has 1 aliphatic heterocycles. The van der Waals surface area contributed by atoms with Gasteiger partial charge in [0.05, 0.1) is 0 Å². The van der Waals surface area contributed by atoms with E-state index in [0.717, 1.165) is 45.0 Å². The van der Waals surface area contributed by atoms with Gasteiger partial charge in [-0.2, -0.15) is 4.98 Å². The second kappa shape index (κ2) is 7.03. The van der Waals surface area contributed by atoms with Gasteiger partial charge in [-0.15, -0.1) is 0 Å². The lowest BCUT2D eigenvalue weighted by molar-refractivity contribution is 0.515. The fourth-order valence-electron chi connectivity index (χ4n) is 3.43. The topological polar surface area (TPSA) is 77.1 Å². The summed E-state index contributed by atoms with van der Waals surface area (Å²) in [6.07, 6.45) is 1.70. The molecular weight excluding hydrogens is 320 g/mol. The zero-order valence-electron chi connectivity index (χ0n) is 15.6. The number of hydrogen-bond acceptors (Lipinski definition) is 5. The summed E-state index contributed by atoms with van der Waals surface area (Å²) in [4.78, 5) is 32.5. The van der Waals surface area contributed by atoms with Gasteiger partial charge in [-0.25, -0.2) is 4.79 Å². The summed E-state index contributed by atoms with van der Waals surface area (Å²) >= 11 is 0. The summed E-state index contributed by atoms with van der Waals surface area (Å²) in [5, 5.41) is 3.34. The van der Waals surface area contributed by atoms with Crippen LogP contribution in [0.15, 0.2) is 9.59 Å². The number of fused-ring (bicyclic) bond motifs is 1. The van der Waals surface area contributed by atoms with Crippen LogP contribution < -0.4 is 21.5 Å². The highest BCUT2D eigenvalue weighted by Gasteiger charge is 2.26. The number of nitrogens with zero attached hydrogens (tertiary/aromatic N) is 5. The number of anilines is 1. The molecule has 3 rings (SSSR count). The van der Waals surface area contributed by atoms with Gasteiger partial charge in [0.1, 0.15) is 0 Å². The van der Waals surface area contributed by atoms with Gasteiger partial charge in [-0.1, -0.05) is 13.8 Å². The van der Waals surface area contributed by atoms with Crippen LogP contribution in [0.3, 0.4) is 0 Å². The fourth-order valence-corrected chi connectivity index (χ4v) is 3.43. The second-order valence-corrected chi connectivity index (χ2v) is 6.75. The molecule has 1 fully saturated rings. The first-order chi connectivity index (χ1) is 12.0. The maximum absolute atomic E-state index is 12.9. The minimum absolute atomic E-state index is 0.134. The number of aromatic nitrogens is 4. The Labute approximate surface area is 147 Å². The Kier molecular flexibility index (Phi) is 4.99. The van der Waals surface area contributed by atoms with E-state index in [-0.39, 0.29) is 17.3 Å². The molecule has 0 aliphatic carbocycles. The summed E-state index contributed by atoms with van der Waals surface area (Å²) in [5.41, 5.74) is 0.503. The third kappa shape index (κ3) is 2.88. The van der Waals surface area contributed by atoms with E-state index in [2.05, 4.69) is 24.1 Å². The molecule has 0 amide bonds. The molecule has 25 heavy (non-hydrogen) atoms. The van der Waals surface area contributed by atoms with Crippen molar-refractivity contribution in [2.75, 3.05) is 31.1 Å². The van der Waals surface area contributed by atoms with Gasteiger partial charge in [0, 0.05) is 45.8 Å². The van der Waals surface area contributed by atoms with Crippen LogP contribution in [-0.2, 0) is 13.6 Å². The Bertz CT molecular complexity index is 872. The number of imidazole rings is 1. The van der Waals surface area contributed by atoms with Crippen molar-refractivity contribution in [3.63, 3.8) is 0 Å². The van der Waals surface area contributed by atoms with Crippen molar-refractivity contribution in [1.82, 2.24) is 24.0 Å². The van der Waals surface area contributed by atoms with Crippen molar-refractivity contribution < 1.29 is 0 Å². The van der Waals surface area contributed by atoms with Crippen LogP contribution in [-0.4, -0.2) is 44.9 Å². The van der Waals surface area contributed by atoms with E-state index in [4.69, 9.17) is 4.98 Å². The fraction of sp³-hybridized carbons (Fsp3) is 0.706. The first kappa shape index (κ1) is 17.7. The third-order valence-electron chi connectivity index (χ3n) is 5.03. The minimum Gasteiger partial charge on any atom is -0.340 e. The SMILES string of the molecule is CCCn1c(=O)n(C)c(=O)c2c1nc(N1CCNCC1)n2C(C)CC.